The fourth-order valence-corrected chi connectivity index (χ4v) is 1.73. The molecular formula is C11H12BrClO. The van der Waals surface area contributed by atoms with E-state index in [0.29, 0.717) is 12.5 Å². The van der Waals surface area contributed by atoms with Gasteiger partial charge in [-0.3, -0.25) is 0 Å². The zero-order valence-electron chi connectivity index (χ0n) is 7.97. The van der Waals surface area contributed by atoms with E-state index in [-0.39, 0.29) is 0 Å². The average Bonchev–Trinajstić information content (AvgIpc) is 2.15. The molecule has 1 aromatic rings. The quantitative estimate of drug-likeness (QED) is 0.597. The van der Waals surface area contributed by atoms with Gasteiger partial charge in [0.05, 0.1) is 4.47 Å². The van der Waals surface area contributed by atoms with Crippen LogP contribution < -0.4 is 4.74 Å². The first kappa shape index (κ1) is 11.6. The molecule has 0 unspecified atom stereocenters. The molecule has 0 saturated carbocycles. The lowest BCUT2D eigenvalue weighted by Crippen LogP contribution is -1.94. The zero-order valence-corrected chi connectivity index (χ0v) is 10.3. The van der Waals surface area contributed by atoms with E-state index in [1.807, 2.05) is 37.3 Å². The molecule has 3 heteroatoms. The summed E-state index contributed by atoms with van der Waals surface area (Å²) in [5.41, 5.74) is 1.21. The Morgan fingerprint density at radius 3 is 2.86 bits per heavy atom. The second-order valence-corrected chi connectivity index (χ2v) is 4.03. The van der Waals surface area contributed by atoms with Gasteiger partial charge in [0.25, 0.3) is 0 Å². The molecule has 0 spiro atoms. The van der Waals surface area contributed by atoms with Crippen molar-refractivity contribution in [2.75, 3.05) is 12.5 Å². The highest BCUT2D eigenvalue weighted by Gasteiger charge is 1.98. The van der Waals surface area contributed by atoms with Gasteiger partial charge in [-0.05, 0) is 40.5 Å². The summed E-state index contributed by atoms with van der Waals surface area (Å²) in [7, 11) is 0. The molecule has 1 nitrogen and oxygen atoms in total. The van der Waals surface area contributed by atoms with Gasteiger partial charge < -0.3 is 4.74 Å². The van der Waals surface area contributed by atoms with Crippen LogP contribution in [0.25, 0.3) is 0 Å². The minimum Gasteiger partial charge on any atom is -0.488 e. The lowest BCUT2D eigenvalue weighted by atomic mass is 10.2. The van der Waals surface area contributed by atoms with Gasteiger partial charge in [0.15, 0.2) is 0 Å². The minimum absolute atomic E-state index is 0.526. The Hall–Kier alpha value is -0.470. The van der Waals surface area contributed by atoms with Gasteiger partial charge in [-0.1, -0.05) is 18.2 Å². The normalized spacial score (nSPS) is 10.8. The van der Waals surface area contributed by atoms with Gasteiger partial charge in [-0.25, -0.2) is 0 Å². The largest absolute Gasteiger partial charge is 0.488 e. The standard InChI is InChI=1S/C11H12BrClO/c1-9-4-5-11(10(12)8-9)14-7-3-2-6-13/h2-5,8H,6-7H2,1H3. The summed E-state index contributed by atoms with van der Waals surface area (Å²) in [6, 6.07) is 6.00. The van der Waals surface area contributed by atoms with E-state index in [0.717, 1.165) is 10.2 Å². The van der Waals surface area contributed by atoms with E-state index in [1.54, 1.807) is 0 Å². The molecule has 0 radical (unpaired) electrons. The van der Waals surface area contributed by atoms with Crippen molar-refractivity contribution < 1.29 is 4.74 Å². The number of hydrogen-bond acceptors (Lipinski definition) is 1. The number of ether oxygens (including phenoxy) is 1. The van der Waals surface area contributed by atoms with Crippen LogP contribution >= 0.6 is 27.5 Å². The summed E-state index contributed by atoms with van der Waals surface area (Å²) in [6.07, 6.45) is 3.77. The van der Waals surface area contributed by atoms with Gasteiger partial charge in [0, 0.05) is 5.88 Å². The number of rotatable bonds is 4. The first-order valence-electron chi connectivity index (χ1n) is 4.34. The van der Waals surface area contributed by atoms with Crippen LogP contribution in [0.3, 0.4) is 0 Å². The van der Waals surface area contributed by atoms with E-state index < -0.39 is 0 Å². The number of alkyl halides is 1. The smallest absolute Gasteiger partial charge is 0.133 e. The van der Waals surface area contributed by atoms with Crippen molar-refractivity contribution >= 4 is 27.5 Å². The molecular weight excluding hydrogens is 263 g/mol. The molecule has 0 aliphatic carbocycles. The SMILES string of the molecule is Cc1ccc(OCC=CCCl)c(Br)c1. The Balaban J connectivity index is 2.55. The number of hydrogen-bond donors (Lipinski definition) is 0. The monoisotopic (exact) mass is 274 g/mol. The van der Waals surface area contributed by atoms with E-state index in [2.05, 4.69) is 15.9 Å². The van der Waals surface area contributed by atoms with Crippen LogP contribution in [0.5, 0.6) is 5.75 Å². The van der Waals surface area contributed by atoms with Crippen molar-refractivity contribution in [2.45, 2.75) is 6.92 Å². The van der Waals surface area contributed by atoms with Crippen LogP contribution in [0.1, 0.15) is 5.56 Å². The molecule has 0 saturated heterocycles. The summed E-state index contributed by atoms with van der Waals surface area (Å²) in [6.45, 7) is 2.59. The molecule has 0 aromatic heterocycles. The van der Waals surface area contributed by atoms with Crippen molar-refractivity contribution in [3.63, 3.8) is 0 Å². The average molecular weight is 276 g/mol. The third-order valence-corrected chi connectivity index (χ3v) is 2.48. The molecule has 0 bridgehead atoms. The molecule has 0 N–H and O–H groups in total. The molecule has 0 heterocycles. The maximum absolute atomic E-state index is 5.50. The van der Waals surface area contributed by atoms with Crippen LogP contribution in [0, 0.1) is 6.92 Å². The second kappa shape index (κ2) is 6.10. The molecule has 0 atom stereocenters. The lowest BCUT2D eigenvalue weighted by Gasteiger charge is -2.05. The maximum atomic E-state index is 5.50. The van der Waals surface area contributed by atoms with Crippen molar-refractivity contribution in [1.82, 2.24) is 0 Å². The number of halogens is 2. The zero-order chi connectivity index (χ0) is 10.4. The summed E-state index contributed by atoms with van der Waals surface area (Å²) in [4.78, 5) is 0. The summed E-state index contributed by atoms with van der Waals surface area (Å²) >= 11 is 8.92. The Morgan fingerprint density at radius 1 is 1.43 bits per heavy atom. The van der Waals surface area contributed by atoms with Crippen molar-refractivity contribution in [1.29, 1.82) is 0 Å². The summed E-state index contributed by atoms with van der Waals surface area (Å²) in [5, 5.41) is 0. The summed E-state index contributed by atoms with van der Waals surface area (Å²) < 4.78 is 6.48. The van der Waals surface area contributed by atoms with Crippen LogP contribution in [0.15, 0.2) is 34.8 Å². The number of allylic oxidation sites excluding steroid dienone is 1. The molecule has 76 valence electrons. The van der Waals surface area contributed by atoms with E-state index in [4.69, 9.17) is 16.3 Å². The Labute approximate surface area is 97.9 Å². The molecule has 1 rings (SSSR count). The highest BCUT2D eigenvalue weighted by molar-refractivity contribution is 9.10. The van der Waals surface area contributed by atoms with E-state index >= 15 is 0 Å². The minimum atomic E-state index is 0.526. The third-order valence-electron chi connectivity index (χ3n) is 1.68. The van der Waals surface area contributed by atoms with Crippen LogP contribution in [-0.4, -0.2) is 12.5 Å². The molecule has 0 fully saturated rings. The Kier molecular flexibility index (Phi) is 5.05. The van der Waals surface area contributed by atoms with Crippen molar-refractivity contribution in [3.05, 3.63) is 40.4 Å². The van der Waals surface area contributed by atoms with Crippen LogP contribution in [0.2, 0.25) is 0 Å². The molecule has 0 aliphatic rings. The fraction of sp³-hybridized carbons (Fsp3) is 0.273. The molecule has 1 aromatic carbocycles. The predicted octanol–water partition coefficient (Wildman–Crippen LogP) is 3.93. The predicted molar refractivity (Wildman–Crippen MR) is 64.2 cm³/mol. The molecule has 0 aliphatic heterocycles. The lowest BCUT2D eigenvalue weighted by molar-refractivity contribution is 0.360. The van der Waals surface area contributed by atoms with Crippen LogP contribution in [-0.2, 0) is 0 Å². The van der Waals surface area contributed by atoms with E-state index in [1.165, 1.54) is 5.56 Å². The van der Waals surface area contributed by atoms with Gasteiger partial charge in [-0.2, -0.15) is 0 Å². The van der Waals surface area contributed by atoms with Gasteiger partial charge in [0.2, 0.25) is 0 Å². The fourth-order valence-electron chi connectivity index (χ4n) is 0.992. The van der Waals surface area contributed by atoms with Crippen molar-refractivity contribution in [3.8, 4) is 5.75 Å². The van der Waals surface area contributed by atoms with Crippen molar-refractivity contribution in [2.24, 2.45) is 0 Å². The Bertz CT molecular complexity index is 323. The first-order valence-corrected chi connectivity index (χ1v) is 5.66. The number of aryl methyl sites for hydroxylation is 1. The second-order valence-electron chi connectivity index (χ2n) is 2.87. The maximum Gasteiger partial charge on any atom is 0.133 e. The topological polar surface area (TPSA) is 9.23 Å². The van der Waals surface area contributed by atoms with Crippen LogP contribution in [0.4, 0.5) is 0 Å². The highest BCUT2D eigenvalue weighted by atomic mass is 79.9. The van der Waals surface area contributed by atoms with Gasteiger partial charge in [-0.15, -0.1) is 11.6 Å². The first-order chi connectivity index (χ1) is 6.74. The van der Waals surface area contributed by atoms with E-state index in [9.17, 15) is 0 Å². The highest BCUT2D eigenvalue weighted by Crippen LogP contribution is 2.25. The Morgan fingerprint density at radius 2 is 2.21 bits per heavy atom. The summed E-state index contributed by atoms with van der Waals surface area (Å²) in [5.74, 6) is 1.38. The molecule has 14 heavy (non-hydrogen) atoms. The number of benzene rings is 1. The molecule has 0 amide bonds. The van der Waals surface area contributed by atoms with Gasteiger partial charge >= 0.3 is 0 Å². The third kappa shape index (κ3) is 3.72. The van der Waals surface area contributed by atoms with Gasteiger partial charge in [0.1, 0.15) is 12.4 Å².